The number of nitrogens with zero attached hydrogens (tertiary/aromatic N) is 3. The number of ether oxygens (including phenoxy) is 1. The summed E-state index contributed by atoms with van der Waals surface area (Å²) in [7, 11) is 1.78. The van der Waals surface area contributed by atoms with E-state index in [1.807, 2.05) is 42.2 Å². The van der Waals surface area contributed by atoms with E-state index in [-0.39, 0.29) is 11.7 Å². The van der Waals surface area contributed by atoms with E-state index in [9.17, 15) is 9.18 Å². The third-order valence-corrected chi connectivity index (χ3v) is 5.36. The largest absolute Gasteiger partial charge is 0.436 e. The molecule has 3 aromatic rings. The van der Waals surface area contributed by atoms with Crippen LogP contribution >= 0.6 is 0 Å². The van der Waals surface area contributed by atoms with Crippen molar-refractivity contribution in [3.8, 4) is 22.9 Å². The number of rotatable bonds is 8. The highest BCUT2D eigenvalue weighted by atomic mass is 19.1. The van der Waals surface area contributed by atoms with E-state index in [1.165, 1.54) is 6.07 Å². The van der Waals surface area contributed by atoms with Crippen molar-refractivity contribution >= 4 is 5.91 Å². The second-order valence-corrected chi connectivity index (χ2v) is 7.73. The molecule has 1 heterocycles. The first-order valence-corrected chi connectivity index (χ1v) is 10.4. The second kappa shape index (κ2) is 8.69. The van der Waals surface area contributed by atoms with Crippen LogP contribution in [0.4, 0.5) is 4.39 Å². The average Bonchev–Trinajstić information content (AvgIpc) is 3.53. The SMILES string of the molecule is CCC(=O)N(Cc1c(-c2ccccc2)nn(C)c1Oc1ccccc1F)CC1CC1. The first kappa shape index (κ1) is 20.1. The van der Waals surface area contributed by atoms with Gasteiger partial charge in [-0.3, -0.25) is 4.79 Å². The topological polar surface area (TPSA) is 47.4 Å². The Hall–Kier alpha value is -3.15. The number of halogens is 1. The Morgan fingerprint density at radius 3 is 2.53 bits per heavy atom. The molecule has 1 fully saturated rings. The van der Waals surface area contributed by atoms with Crippen LogP contribution in [0.5, 0.6) is 11.6 Å². The monoisotopic (exact) mass is 407 g/mol. The lowest BCUT2D eigenvalue weighted by molar-refractivity contribution is -0.131. The summed E-state index contributed by atoms with van der Waals surface area (Å²) < 4.78 is 21.9. The molecule has 5 nitrogen and oxygen atoms in total. The molecule has 1 aliphatic carbocycles. The van der Waals surface area contributed by atoms with E-state index in [4.69, 9.17) is 4.74 Å². The zero-order chi connectivity index (χ0) is 21.1. The minimum atomic E-state index is -0.439. The molecule has 0 radical (unpaired) electrons. The van der Waals surface area contributed by atoms with Crippen molar-refractivity contribution in [2.24, 2.45) is 13.0 Å². The van der Waals surface area contributed by atoms with Crippen molar-refractivity contribution in [1.29, 1.82) is 0 Å². The molecule has 0 aliphatic heterocycles. The number of aryl methyl sites for hydroxylation is 1. The molecular weight excluding hydrogens is 381 g/mol. The van der Waals surface area contributed by atoms with E-state index in [2.05, 4.69) is 5.10 Å². The summed E-state index contributed by atoms with van der Waals surface area (Å²) in [4.78, 5) is 14.5. The Morgan fingerprint density at radius 1 is 1.17 bits per heavy atom. The van der Waals surface area contributed by atoms with Crippen molar-refractivity contribution < 1.29 is 13.9 Å². The van der Waals surface area contributed by atoms with Crippen LogP contribution in [0.25, 0.3) is 11.3 Å². The summed E-state index contributed by atoms with van der Waals surface area (Å²) in [6, 6.07) is 16.1. The van der Waals surface area contributed by atoms with Crippen molar-refractivity contribution in [3.63, 3.8) is 0 Å². The van der Waals surface area contributed by atoms with Crippen LogP contribution in [-0.2, 0) is 18.4 Å². The van der Waals surface area contributed by atoms with Gasteiger partial charge in [-0.2, -0.15) is 5.10 Å². The van der Waals surface area contributed by atoms with Crippen molar-refractivity contribution in [3.05, 3.63) is 66.0 Å². The molecule has 1 aliphatic rings. The van der Waals surface area contributed by atoms with Gasteiger partial charge in [0, 0.05) is 25.6 Å². The number of benzene rings is 2. The molecule has 1 amide bonds. The van der Waals surface area contributed by atoms with Crippen LogP contribution in [-0.4, -0.2) is 27.1 Å². The van der Waals surface area contributed by atoms with Gasteiger partial charge in [0.1, 0.15) is 5.69 Å². The number of carbonyl (C=O) groups is 1. The van der Waals surface area contributed by atoms with Gasteiger partial charge in [-0.05, 0) is 30.9 Å². The van der Waals surface area contributed by atoms with Crippen LogP contribution in [0.3, 0.4) is 0 Å². The summed E-state index contributed by atoms with van der Waals surface area (Å²) >= 11 is 0. The molecule has 0 N–H and O–H groups in total. The number of carbonyl (C=O) groups excluding carboxylic acids is 1. The molecule has 2 aromatic carbocycles. The van der Waals surface area contributed by atoms with Crippen LogP contribution < -0.4 is 4.74 Å². The Balaban J connectivity index is 1.76. The number of amides is 1. The predicted octanol–water partition coefficient (Wildman–Crippen LogP) is 5.17. The van der Waals surface area contributed by atoms with Gasteiger partial charge in [0.05, 0.1) is 12.1 Å². The summed E-state index contributed by atoms with van der Waals surface area (Å²) in [5.74, 6) is 0.806. The zero-order valence-corrected chi connectivity index (χ0v) is 17.3. The van der Waals surface area contributed by atoms with E-state index in [0.29, 0.717) is 24.8 Å². The number of hydrogen-bond acceptors (Lipinski definition) is 3. The predicted molar refractivity (Wildman–Crippen MR) is 114 cm³/mol. The zero-order valence-electron chi connectivity index (χ0n) is 17.3. The smallest absolute Gasteiger partial charge is 0.223 e. The molecule has 0 spiro atoms. The van der Waals surface area contributed by atoms with Gasteiger partial charge in [0.2, 0.25) is 11.8 Å². The average molecular weight is 407 g/mol. The fourth-order valence-corrected chi connectivity index (χ4v) is 3.56. The summed E-state index contributed by atoms with van der Waals surface area (Å²) in [6.45, 7) is 2.99. The maximum absolute atomic E-state index is 14.3. The van der Waals surface area contributed by atoms with E-state index in [0.717, 1.165) is 36.2 Å². The van der Waals surface area contributed by atoms with Crippen LogP contribution in [0, 0.1) is 11.7 Å². The number of hydrogen-bond donors (Lipinski definition) is 0. The number of aromatic nitrogens is 2. The van der Waals surface area contributed by atoms with Gasteiger partial charge in [-0.1, -0.05) is 49.4 Å². The van der Waals surface area contributed by atoms with Gasteiger partial charge in [-0.15, -0.1) is 0 Å². The highest BCUT2D eigenvalue weighted by Crippen LogP contribution is 2.36. The molecule has 4 rings (SSSR count). The quantitative estimate of drug-likeness (QED) is 0.518. The van der Waals surface area contributed by atoms with Gasteiger partial charge >= 0.3 is 0 Å². The maximum Gasteiger partial charge on any atom is 0.223 e. The lowest BCUT2D eigenvalue weighted by atomic mass is 10.1. The standard InChI is InChI=1S/C24H26FN3O2/c1-3-22(29)28(15-17-13-14-17)16-19-23(18-9-5-4-6-10-18)26-27(2)24(19)30-21-12-8-7-11-20(21)25/h4-12,17H,3,13-16H2,1-2H3. The maximum atomic E-state index is 14.3. The van der Waals surface area contributed by atoms with Gasteiger partial charge in [-0.25, -0.2) is 9.07 Å². The first-order chi connectivity index (χ1) is 14.6. The van der Waals surface area contributed by atoms with Crippen LogP contribution in [0.2, 0.25) is 0 Å². The highest BCUT2D eigenvalue weighted by molar-refractivity contribution is 5.76. The molecule has 6 heteroatoms. The first-order valence-electron chi connectivity index (χ1n) is 10.4. The fourth-order valence-electron chi connectivity index (χ4n) is 3.56. The Morgan fingerprint density at radius 2 is 1.87 bits per heavy atom. The molecule has 0 unspecified atom stereocenters. The van der Waals surface area contributed by atoms with Gasteiger partial charge in [0.25, 0.3) is 0 Å². The lowest BCUT2D eigenvalue weighted by Gasteiger charge is -2.23. The molecule has 0 saturated heterocycles. The molecule has 30 heavy (non-hydrogen) atoms. The van der Waals surface area contributed by atoms with E-state index >= 15 is 0 Å². The fraction of sp³-hybridized carbons (Fsp3) is 0.333. The minimum absolute atomic E-state index is 0.0987. The molecule has 1 saturated carbocycles. The van der Waals surface area contributed by atoms with Gasteiger partial charge < -0.3 is 9.64 Å². The molecule has 156 valence electrons. The molecule has 0 atom stereocenters. The summed E-state index contributed by atoms with van der Waals surface area (Å²) in [6.07, 6.45) is 2.76. The van der Waals surface area contributed by atoms with Crippen LogP contribution in [0.1, 0.15) is 31.7 Å². The highest BCUT2D eigenvalue weighted by Gasteiger charge is 2.29. The van der Waals surface area contributed by atoms with E-state index < -0.39 is 5.82 Å². The summed E-state index contributed by atoms with van der Waals surface area (Å²) in [5.41, 5.74) is 2.46. The van der Waals surface area contributed by atoms with Crippen LogP contribution in [0.15, 0.2) is 54.6 Å². The van der Waals surface area contributed by atoms with Crippen molar-refractivity contribution in [2.75, 3.05) is 6.54 Å². The second-order valence-electron chi connectivity index (χ2n) is 7.73. The Labute approximate surface area is 176 Å². The van der Waals surface area contributed by atoms with Crippen molar-refractivity contribution in [1.82, 2.24) is 14.7 Å². The number of para-hydroxylation sites is 1. The normalized spacial score (nSPS) is 13.3. The third kappa shape index (κ3) is 4.37. The van der Waals surface area contributed by atoms with E-state index in [1.54, 1.807) is 29.9 Å². The summed E-state index contributed by atoms with van der Waals surface area (Å²) in [5, 5.41) is 4.67. The molecule has 0 bridgehead atoms. The lowest BCUT2D eigenvalue weighted by Crippen LogP contribution is -2.32. The molecular formula is C24H26FN3O2. The Bertz CT molecular complexity index is 1030. The third-order valence-electron chi connectivity index (χ3n) is 5.36. The molecule has 1 aromatic heterocycles. The van der Waals surface area contributed by atoms with Gasteiger partial charge in [0.15, 0.2) is 11.6 Å². The Kier molecular flexibility index (Phi) is 5.84. The minimum Gasteiger partial charge on any atom is -0.436 e. The van der Waals surface area contributed by atoms with Crippen molar-refractivity contribution in [2.45, 2.75) is 32.7 Å².